The van der Waals surface area contributed by atoms with Crippen molar-refractivity contribution in [2.24, 2.45) is 5.73 Å². The molecule has 0 radical (unpaired) electrons. The molecule has 1 amide bonds. The van der Waals surface area contributed by atoms with E-state index in [1.54, 1.807) is 16.7 Å². The molecule has 0 aliphatic carbocycles. The lowest BCUT2D eigenvalue weighted by Crippen LogP contribution is -2.26. The molecule has 0 aliphatic rings. The van der Waals surface area contributed by atoms with Crippen LogP contribution in [-0.2, 0) is 13.0 Å². The molecule has 0 fully saturated rings. The fourth-order valence-corrected chi connectivity index (χ4v) is 3.29. The molecule has 7 heteroatoms. The molecule has 19 heavy (non-hydrogen) atoms. The number of thiazole rings is 2. The SMILES string of the molecule is Cc1nc(C)c(CCNC(=O)c2csc(CN)n2)s1. The molecule has 2 aromatic heterocycles. The molecule has 0 spiro atoms. The van der Waals surface area contributed by atoms with Crippen molar-refractivity contribution < 1.29 is 4.79 Å². The average molecular weight is 296 g/mol. The normalized spacial score (nSPS) is 10.7. The largest absolute Gasteiger partial charge is 0.350 e. The Labute approximate surface area is 119 Å². The smallest absolute Gasteiger partial charge is 0.270 e. The van der Waals surface area contributed by atoms with Crippen molar-refractivity contribution in [3.05, 3.63) is 31.7 Å². The predicted octanol–water partition coefficient (Wildman–Crippen LogP) is 1.65. The maximum Gasteiger partial charge on any atom is 0.270 e. The summed E-state index contributed by atoms with van der Waals surface area (Å²) in [6.45, 7) is 4.95. The monoisotopic (exact) mass is 296 g/mol. The number of hydrogen-bond donors (Lipinski definition) is 2. The second-order valence-electron chi connectivity index (χ2n) is 4.08. The molecular weight excluding hydrogens is 280 g/mol. The summed E-state index contributed by atoms with van der Waals surface area (Å²) in [5.74, 6) is -0.144. The lowest BCUT2D eigenvalue weighted by atomic mass is 10.3. The number of nitrogens with one attached hydrogen (secondary N) is 1. The Balaban J connectivity index is 1.85. The quantitative estimate of drug-likeness (QED) is 0.879. The summed E-state index contributed by atoms with van der Waals surface area (Å²) >= 11 is 3.09. The summed E-state index contributed by atoms with van der Waals surface area (Å²) in [4.78, 5) is 21.6. The van der Waals surface area contributed by atoms with Crippen LogP contribution in [-0.4, -0.2) is 22.4 Å². The van der Waals surface area contributed by atoms with Gasteiger partial charge in [0.1, 0.15) is 10.7 Å². The molecule has 0 atom stereocenters. The van der Waals surface area contributed by atoms with E-state index in [0.717, 1.165) is 22.1 Å². The number of aryl methyl sites for hydroxylation is 2. The van der Waals surface area contributed by atoms with Crippen molar-refractivity contribution in [1.29, 1.82) is 0 Å². The van der Waals surface area contributed by atoms with Gasteiger partial charge in [-0.05, 0) is 13.8 Å². The first-order valence-corrected chi connectivity index (χ1v) is 7.65. The van der Waals surface area contributed by atoms with Gasteiger partial charge >= 0.3 is 0 Å². The van der Waals surface area contributed by atoms with Crippen molar-refractivity contribution in [3.63, 3.8) is 0 Å². The number of rotatable bonds is 5. The number of carbonyl (C=O) groups is 1. The van der Waals surface area contributed by atoms with Gasteiger partial charge in [0.15, 0.2) is 0 Å². The highest BCUT2D eigenvalue weighted by Gasteiger charge is 2.10. The highest BCUT2D eigenvalue weighted by molar-refractivity contribution is 7.11. The number of nitrogens with zero attached hydrogens (tertiary/aromatic N) is 2. The van der Waals surface area contributed by atoms with Crippen LogP contribution in [0.4, 0.5) is 0 Å². The van der Waals surface area contributed by atoms with E-state index in [1.807, 2.05) is 13.8 Å². The molecule has 3 N–H and O–H groups in total. The number of nitrogens with two attached hydrogens (primary N) is 1. The molecule has 0 saturated carbocycles. The van der Waals surface area contributed by atoms with Gasteiger partial charge in [-0.1, -0.05) is 0 Å². The van der Waals surface area contributed by atoms with Gasteiger partial charge in [-0.3, -0.25) is 4.79 Å². The van der Waals surface area contributed by atoms with E-state index >= 15 is 0 Å². The first-order chi connectivity index (χ1) is 9.10. The van der Waals surface area contributed by atoms with Crippen LogP contribution >= 0.6 is 22.7 Å². The molecule has 0 saturated heterocycles. The Morgan fingerprint density at radius 2 is 2.21 bits per heavy atom. The van der Waals surface area contributed by atoms with Gasteiger partial charge in [0.05, 0.1) is 10.7 Å². The average Bonchev–Trinajstić information content (AvgIpc) is 2.96. The standard InChI is InChI=1S/C12H16N4OS2/c1-7-10(19-8(2)15-7)3-4-14-12(17)9-6-18-11(5-13)16-9/h6H,3-5,13H2,1-2H3,(H,14,17). The van der Waals surface area contributed by atoms with E-state index in [4.69, 9.17) is 5.73 Å². The van der Waals surface area contributed by atoms with E-state index in [1.165, 1.54) is 16.2 Å². The van der Waals surface area contributed by atoms with Gasteiger partial charge in [-0.25, -0.2) is 9.97 Å². The molecule has 0 aromatic carbocycles. The van der Waals surface area contributed by atoms with Crippen molar-refractivity contribution in [3.8, 4) is 0 Å². The van der Waals surface area contributed by atoms with Crippen LogP contribution in [0.25, 0.3) is 0 Å². The van der Waals surface area contributed by atoms with Crippen LogP contribution in [0.1, 0.15) is 31.1 Å². The Morgan fingerprint density at radius 1 is 1.42 bits per heavy atom. The van der Waals surface area contributed by atoms with Gasteiger partial charge in [-0.15, -0.1) is 22.7 Å². The van der Waals surface area contributed by atoms with Gasteiger partial charge in [0.25, 0.3) is 5.91 Å². The molecule has 2 heterocycles. The zero-order valence-corrected chi connectivity index (χ0v) is 12.5. The minimum atomic E-state index is -0.144. The molecule has 5 nitrogen and oxygen atoms in total. The van der Waals surface area contributed by atoms with Crippen LogP contribution in [0.3, 0.4) is 0 Å². The fraction of sp³-hybridized carbons (Fsp3) is 0.417. The molecule has 0 unspecified atom stereocenters. The first kappa shape index (κ1) is 14.1. The van der Waals surface area contributed by atoms with E-state index < -0.39 is 0 Å². The fourth-order valence-electron chi connectivity index (χ4n) is 1.69. The highest BCUT2D eigenvalue weighted by atomic mass is 32.1. The minimum Gasteiger partial charge on any atom is -0.350 e. The predicted molar refractivity (Wildman–Crippen MR) is 77.6 cm³/mol. The molecule has 0 aliphatic heterocycles. The third-order valence-corrected chi connectivity index (χ3v) is 4.60. The number of aromatic nitrogens is 2. The minimum absolute atomic E-state index is 0.144. The lowest BCUT2D eigenvalue weighted by Gasteiger charge is -2.02. The number of hydrogen-bond acceptors (Lipinski definition) is 6. The van der Waals surface area contributed by atoms with Crippen LogP contribution in [0.15, 0.2) is 5.38 Å². The number of carbonyl (C=O) groups excluding carboxylic acids is 1. The van der Waals surface area contributed by atoms with E-state index in [0.29, 0.717) is 18.8 Å². The van der Waals surface area contributed by atoms with Crippen LogP contribution in [0.2, 0.25) is 0 Å². The third-order valence-electron chi connectivity index (χ3n) is 2.60. The second-order valence-corrected chi connectivity index (χ2v) is 6.31. The highest BCUT2D eigenvalue weighted by Crippen LogP contribution is 2.17. The zero-order valence-electron chi connectivity index (χ0n) is 10.9. The Hall–Kier alpha value is -1.31. The van der Waals surface area contributed by atoms with Gasteiger partial charge in [0.2, 0.25) is 0 Å². The summed E-state index contributed by atoms with van der Waals surface area (Å²) in [7, 11) is 0. The zero-order chi connectivity index (χ0) is 13.8. The number of amides is 1. The van der Waals surface area contributed by atoms with E-state index in [2.05, 4.69) is 15.3 Å². The molecule has 0 bridgehead atoms. The summed E-state index contributed by atoms with van der Waals surface area (Å²) in [6.07, 6.45) is 0.803. The van der Waals surface area contributed by atoms with Gasteiger partial charge in [-0.2, -0.15) is 0 Å². The molecular formula is C12H16N4OS2. The summed E-state index contributed by atoms with van der Waals surface area (Å²) < 4.78 is 0. The summed E-state index contributed by atoms with van der Waals surface area (Å²) in [5.41, 5.74) is 6.97. The maximum absolute atomic E-state index is 11.8. The molecule has 2 rings (SSSR count). The maximum atomic E-state index is 11.8. The van der Waals surface area contributed by atoms with Crippen molar-refractivity contribution in [2.45, 2.75) is 26.8 Å². The topological polar surface area (TPSA) is 80.9 Å². The van der Waals surface area contributed by atoms with Crippen LogP contribution in [0.5, 0.6) is 0 Å². The Morgan fingerprint density at radius 3 is 2.79 bits per heavy atom. The van der Waals surface area contributed by atoms with Crippen molar-refractivity contribution >= 4 is 28.6 Å². The lowest BCUT2D eigenvalue weighted by molar-refractivity contribution is 0.0949. The third kappa shape index (κ3) is 3.59. The summed E-state index contributed by atoms with van der Waals surface area (Å²) in [6, 6.07) is 0. The Kier molecular flexibility index (Phi) is 4.62. The molecule has 102 valence electrons. The molecule has 2 aromatic rings. The van der Waals surface area contributed by atoms with Crippen LogP contribution < -0.4 is 11.1 Å². The van der Waals surface area contributed by atoms with Crippen molar-refractivity contribution in [2.75, 3.05) is 6.54 Å². The summed E-state index contributed by atoms with van der Waals surface area (Å²) in [5, 5.41) is 6.44. The van der Waals surface area contributed by atoms with Crippen molar-refractivity contribution in [1.82, 2.24) is 15.3 Å². The van der Waals surface area contributed by atoms with E-state index in [9.17, 15) is 4.79 Å². The van der Waals surface area contributed by atoms with Gasteiger partial charge < -0.3 is 11.1 Å². The Bertz CT molecular complexity index is 576. The van der Waals surface area contributed by atoms with Gasteiger partial charge in [0, 0.05) is 29.8 Å². The van der Waals surface area contributed by atoms with E-state index in [-0.39, 0.29) is 5.91 Å². The first-order valence-electron chi connectivity index (χ1n) is 5.95. The second kappa shape index (κ2) is 6.23. The van der Waals surface area contributed by atoms with Crippen LogP contribution in [0, 0.1) is 13.8 Å².